The van der Waals surface area contributed by atoms with Crippen LogP contribution >= 0.6 is 0 Å². The van der Waals surface area contributed by atoms with Gasteiger partial charge in [0.1, 0.15) is 16.5 Å². The van der Waals surface area contributed by atoms with Crippen molar-refractivity contribution >= 4 is 10.0 Å². The third-order valence-corrected chi connectivity index (χ3v) is 5.15. The molecule has 1 N–H and O–H groups in total. The molecule has 0 bridgehead atoms. The van der Waals surface area contributed by atoms with E-state index in [9.17, 15) is 17.2 Å². The fraction of sp³-hybridized carbons (Fsp3) is 0.500. The molecule has 2 rings (SSSR count). The van der Waals surface area contributed by atoms with Crippen molar-refractivity contribution in [3.63, 3.8) is 0 Å². The largest absolute Gasteiger partial charge is 0.319 e. The molecule has 0 unspecified atom stereocenters. The summed E-state index contributed by atoms with van der Waals surface area (Å²) < 4.78 is 52.2. The van der Waals surface area contributed by atoms with E-state index in [1.165, 1.54) is 4.31 Å². The standard InChI is InChI=1S/C12H16F2N2O2S/c1-15-7-9-4-5-16(8-9)19(17,18)12-3-2-10(13)6-11(12)14/h2-3,6,9,15H,4-5,7-8H2,1H3/t9-/m0/s1. The van der Waals surface area contributed by atoms with Gasteiger partial charge in [0.25, 0.3) is 0 Å². The van der Waals surface area contributed by atoms with Crippen molar-refractivity contribution < 1.29 is 17.2 Å². The van der Waals surface area contributed by atoms with Gasteiger partial charge in [0, 0.05) is 19.2 Å². The van der Waals surface area contributed by atoms with Crippen molar-refractivity contribution in [1.82, 2.24) is 9.62 Å². The van der Waals surface area contributed by atoms with E-state index in [2.05, 4.69) is 5.32 Å². The van der Waals surface area contributed by atoms with Gasteiger partial charge < -0.3 is 5.32 Å². The summed E-state index contributed by atoms with van der Waals surface area (Å²) in [5.41, 5.74) is 0. The Morgan fingerprint density at radius 3 is 2.79 bits per heavy atom. The molecule has 1 atom stereocenters. The fourth-order valence-corrected chi connectivity index (χ4v) is 3.87. The number of rotatable bonds is 4. The minimum absolute atomic E-state index is 0.225. The van der Waals surface area contributed by atoms with Gasteiger partial charge in [-0.25, -0.2) is 17.2 Å². The highest BCUT2D eigenvalue weighted by Crippen LogP contribution is 2.25. The maximum Gasteiger partial charge on any atom is 0.245 e. The minimum atomic E-state index is -3.87. The van der Waals surface area contributed by atoms with Gasteiger partial charge in [-0.3, -0.25) is 0 Å². The Morgan fingerprint density at radius 1 is 1.42 bits per heavy atom. The average Bonchev–Trinajstić information content (AvgIpc) is 2.78. The molecule has 1 aliphatic rings. The highest BCUT2D eigenvalue weighted by molar-refractivity contribution is 7.89. The van der Waals surface area contributed by atoms with Gasteiger partial charge >= 0.3 is 0 Å². The summed E-state index contributed by atoms with van der Waals surface area (Å²) in [6, 6.07) is 2.52. The molecule has 4 nitrogen and oxygen atoms in total. The van der Waals surface area contributed by atoms with Crippen molar-refractivity contribution in [2.45, 2.75) is 11.3 Å². The minimum Gasteiger partial charge on any atom is -0.319 e. The third kappa shape index (κ3) is 2.93. The van der Waals surface area contributed by atoms with Crippen LogP contribution in [0.4, 0.5) is 8.78 Å². The highest BCUT2D eigenvalue weighted by atomic mass is 32.2. The molecule has 0 saturated carbocycles. The van der Waals surface area contributed by atoms with E-state index in [0.717, 1.165) is 25.1 Å². The third-order valence-electron chi connectivity index (χ3n) is 3.25. The second kappa shape index (κ2) is 5.52. The van der Waals surface area contributed by atoms with Gasteiger partial charge in [0.05, 0.1) is 0 Å². The molecule has 7 heteroatoms. The van der Waals surface area contributed by atoms with E-state index in [1.807, 2.05) is 0 Å². The number of benzene rings is 1. The quantitative estimate of drug-likeness (QED) is 0.906. The zero-order valence-electron chi connectivity index (χ0n) is 10.6. The fourth-order valence-electron chi connectivity index (χ4n) is 2.29. The summed E-state index contributed by atoms with van der Waals surface area (Å²) in [5.74, 6) is -1.61. The van der Waals surface area contributed by atoms with Gasteiger partial charge in [0.2, 0.25) is 10.0 Å². The molecule has 0 radical (unpaired) electrons. The summed E-state index contributed by atoms with van der Waals surface area (Å²) in [7, 11) is -2.07. The van der Waals surface area contributed by atoms with Crippen LogP contribution in [0.3, 0.4) is 0 Å². The van der Waals surface area contributed by atoms with Gasteiger partial charge in [-0.15, -0.1) is 0 Å². The highest BCUT2D eigenvalue weighted by Gasteiger charge is 2.33. The summed E-state index contributed by atoms with van der Waals surface area (Å²) in [6.45, 7) is 1.45. The van der Waals surface area contributed by atoms with E-state index in [-0.39, 0.29) is 5.92 Å². The number of hydrogen-bond acceptors (Lipinski definition) is 3. The predicted molar refractivity (Wildman–Crippen MR) is 67.2 cm³/mol. The van der Waals surface area contributed by atoms with E-state index in [0.29, 0.717) is 19.2 Å². The molecule has 0 amide bonds. The Kier molecular flexibility index (Phi) is 4.17. The molecule has 0 aromatic heterocycles. The summed E-state index contributed by atoms with van der Waals surface area (Å²) in [5, 5.41) is 3.00. The van der Waals surface area contributed by atoms with Crippen LogP contribution < -0.4 is 5.32 Å². The van der Waals surface area contributed by atoms with E-state index in [1.54, 1.807) is 7.05 Å². The Balaban J connectivity index is 2.23. The Morgan fingerprint density at radius 2 is 2.16 bits per heavy atom. The second-order valence-corrected chi connectivity index (χ2v) is 6.56. The maximum atomic E-state index is 13.6. The van der Waals surface area contributed by atoms with Crippen LogP contribution in [0.5, 0.6) is 0 Å². The molecule has 1 heterocycles. The van der Waals surface area contributed by atoms with Crippen LogP contribution in [-0.2, 0) is 10.0 Å². The summed E-state index contributed by atoms with van der Waals surface area (Å²) >= 11 is 0. The molecule has 19 heavy (non-hydrogen) atoms. The number of nitrogens with zero attached hydrogens (tertiary/aromatic N) is 1. The van der Waals surface area contributed by atoms with E-state index >= 15 is 0 Å². The first-order valence-corrected chi connectivity index (χ1v) is 7.49. The summed E-state index contributed by atoms with van der Waals surface area (Å²) in [4.78, 5) is -0.459. The lowest BCUT2D eigenvalue weighted by atomic mass is 10.1. The van der Waals surface area contributed by atoms with Crippen molar-refractivity contribution in [3.8, 4) is 0 Å². The zero-order valence-corrected chi connectivity index (χ0v) is 11.4. The predicted octanol–water partition coefficient (Wildman–Crippen LogP) is 1.19. The molecular weight excluding hydrogens is 274 g/mol. The zero-order chi connectivity index (χ0) is 14.0. The molecule has 1 aromatic rings. The van der Waals surface area contributed by atoms with Crippen LogP contribution in [0.2, 0.25) is 0 Å². The maximum absolute atomic E-state index is 13.6. The monoisotopic (exact) mass is 290 g/mol. The second-order valence-electron chi connectivity index (χ2n) is 4.65. The Bertz CT molecular complexity index is 563. The van der Waals surface area contributed by atoms with Gasteiger partial charge in [0.15, 0.2) is 0 Å². The van der Waals surface area contributed by atoms with Gasteiger partial charge in [-0.1, -0.05) is 0 Å². The molecule has 0 spiro atoms. The topological polar surface area (TPSA) is 49.4 Å². The number of hydrogen-bond donors (Lipinski definition) is 1. The summed E-state index contributed by atoms with van der Waals surface area (Å²) in [6.07, 6.45) is 0.739. The number of nitrogens with one attached hydrogen (secondary N) is 1. The van der Waals surface area contributed by atoms with Crippen LogP contribution in [0.15, 0.2) is 23.1 Å². The number of halogens is 2. The van der Waals surface area contributed by atoms with Gasteiger partial charge in [-0.2, -0.15) is 4.31 Å². The van der Waals surface area contributed by atoms with Crippen molar-refractivity contribution in [2.75, 3.05) is 26.7 Å². The Hall–Kier alpha value is -1.05. The molecule has 1 saturated heterocycles. The van der Waals surface area contributed by atoms with Crippen LogP contribution in [0.1, 0.15) is 6.42 Å². The van der Waals surface area contributed by atoms with Crippen LogP contribution in [0, 0.1) is 17.6 Å². The first kappa shape index (κ1) is 14.4. The SMILES string of the molecule is CNC[C@@H]1CCN(S(=O)(=O)c2ccc(F)cc2F)C1. The molecule has 106 valence electrons. The first-order chi connectivity index (χ1) is 8.95. The molecule has 1 fully saturated rings. The number of sulfonamides is 1. The van der Waals surface area contributed by atoms with Crippen molar-refractivity contribution in [2.24, 2.45) is 5.92 Å². The van der Waals surface area contributed by atoms with E-state index < -0.39 is 26.6 Å². The van der Waals surface area contributed by atoms with Crippen LogP contribution in [0.25, 0.3) is 0 Å². The Labute approximate surface area is 111 Å². The normalized spacial score (nSPS) is 20.9. The molecule has 0 aliphatic carbocycles. The molecule has 1 aromatic carbocycles. The van der Waals surface area contributed by atoms with Gasteiger partial charge in [-0.05, 0) is 38.1 Å². The van der Waals surface area contributed by atoms with Crippen molar-refractivity contribution in [1.29, 1.82) is 0 Å². The lowest BCUT2D eigenvalue weighted by Gasteiger charge is -2.17. The smallest absolute Gasteiger partial charge is 0.245 e. The molecule has 1 aliphatic heterocycles. The first-order valence-electron chi connectivity index (χ1n) is 6.05. The lowest BCUT2D eigenvalue weighted by Crippen LogP contribution is -2.31. The average molecular weight is 290 g/mol. The lowest BCUT2D eigenvalue weighted by molar-refractivity contribution is 0.445. The molecular formula is C12H16F2N2O2S. The van der Waals surface area contributed by atoms with Crippen LogP contribution in [-0.4, -0.2) is 39.4 Å². The van der Waals surface area contributed by atoms with Crippen molar-refractivity contribution in [3.05, 3.63) is 29.8 Å². The van der Waals surface area contributed by atoms with E-state index in [4.69, 9.17) is 0 Å².